The van der Waals surface area contributed by atoms with Gasteiger partial charge in [0, 0.05) is 6.92 Å². The van der Waals surface area contributed by atoms with Gasteiger partial charge in [-0.1, -0.05) is 0 Å². The summed E-state index contributed by atoms with van der Waals surface area (Å²) in [6.45, 7) is 0.451. The molecule has 0 spiro atoms. The van der Waals surface area contributed by atoms with E-state index in [2.05, 4.69) is 4.52 Å². The normalized spacial score (nSPS) is 18.8. The van der Waals surface area contributed by atoms with E-state index in [1.54, 1.807) is 0 Å². The van der Waals surface area contributed by atoms with Crippen molar-refractivity contribution in [3.8, 4) is 0 Å². The molecule has 0 fully saturated rings. The van der Waals surface area contributed by atoms with Crippen LogP contribution in [0.2, 0.25) is 0 Å². The maximum Gasteiger partial charge on any atom is 0.472 e. The summed E-state index contributed by atoms with van der Waals surface area (Å²) in [7, 11) is -10.2. The lowest BCUT2D eigenvalue weighted by atomic mass is 10.8. The summed E-state index contributed by atoms with van der Waals surface area (Å²) < 4.78 is 23.8. The van der Waals surface area contributed by atoms with Crippen molar-refractivity contribution in [3.63, 3.8) is 0 Å². The van der Waals surface area contributed by atoms with E-state index in [0.29, 0.717) is 6.92 Å². The van der Waals surface area contributed by atoms with E-state index in [-0.39, 0.29) is 0 Å². The average molecular weight is 222 g/mol. The summed E-state index contributed by atoms with van der Waals surface area (Å²) >= 11 is 0. The maximum absolute atomic E-state index is 10.3. The molecule has 0 rings (SSSR count). The standard InChI is InChI=1S/C2H8O8P2/c1-2(3,11(4,5)6)10-12(7,8)9/h3H,1H3,(H2,4,5,6)(H2,7,8,9). The Hall–Kier alpha value is 0.220. The van der Waals surface area contributed by atoms with Crippen molar-refractivity contribution in [2.75, 3.05) is 0 Å². The molecule has 0 aromatic rings. The fourth-order valence-corrected chi connectivity index (χ4v) is 1.47. The predicted molar refractivity (Wildman–Crippen MR) is 35.8 cm³/mol. The van der Waals surface area contributed by atoms with Gasteiger partial charge in [-0.2, -0.15) is 0 Å². The molecule has 0 bridgehead atoms. The summed E-state index contributed by atoms with van der Waals surface area (Å²) in [6, 6.07) is 0. The first-order chi connectivity index (χ1) is 4.96. The van der Waals surface area contributed by atoms with Crippen LogP contribution in [-0.2, 0) is 13.7 Å². The number of hydrogen-bond donors (Lipinski definition) is 5. The van der Waals surface area contributed by atoms with Crippen LogP contribution in [0.25, 0.3) is 0 Å². The number of phosphoric ester groups is 1. The van der Waals surface area contributed by atoms with Crippen LogP contribution in [0.1, 0.15) is 6.92 Å². The fourth-order valence-electron chi connectivity index (χ4n) is 0.278. The number of hydrogen-bond acceptors (Lipinski definition) is 4. The van der Waals surface area contributed by atoms with Crippen molar-refractivity contribution in [2.24, 2.45) is 0 Å². The van der Waals surface area contributed by atoms with E-state index >= 15 is 0 Å². The number of aliphatic hydroxyl groups is 1. The Morgan fingerprint density at radius 3 is 1.58 bits per heavy atom. The van der Waals surface area contributed by atoms with Crippen LogP contribution >= 0.6 is 15.4 Å². The molecule has 12 heavy (non-hydrogen) atoms. The van der Waals surface area contributed by atoms with Crippen LogP contribution < -0.4 is 0 Å². The predicted octanol–water partition coefficient (Wildman–Crippen LogP) is -1.06. The summed E-state index contributed by atoms with van der Waals surface area (Å²) in [4.78, 5) is 32.8. The van der Waals surface area contributed by atoms with Gasteiger partial charge in [0.15, 0.2) is 0 Å². The van der Waals surface area contributed by atoms with Crippen LogP contribution in [0.3, 0.4) is 0 Å². The van der Waals surface area contributed by atoms with E-state index in [1.165, 1.54) is 0 Å². The molecule has 0 aromatic carbocycles. The van der Waals surface area contributed by atoms with Gasteiger partial charge in [0.2, 0.25) is 0 Å². The molecule has 74 valence electrons. The lowest BCUT2D eigenvalue weighted by Gasteiger charge is -2.23. The quantitative estimate of drug-likeness (QED) is 0.300. The zero-order valence-electron chi connectivity index (χ0n) is 5.86. The monoisotopic (exact) mass is 222 g/mol. The largest absolute Gasteiger partial charge is 0.472 e. The van der Waals surface area contributed by atoms with Crippen molar-refractivity contribution in [3.05, 3.63) is 0 Å². The van der Waals surface area contributed by atoms with Gasteiger partial charge in [-0.15, -0.1) is 0 Å². The molecule has 0 aliphatic heterocycles. The van der Waals surface area contributed by atoms with Crippen LogP contribution in [0, 0.1) is 0 Å². The minimum atomic E-state index is -5.13. The molecular formula is C2H8O8P2. The molecule has 0 amide bonds. The third-order valence-electron chi connectivity index (χ3n) is 0.832. The van der Waals surface area contributed by atoms with Crippen molar-refractivity contribution in [1.29, 1.82) is 0 Å². The van der Waals surface area contributed by atoms with Crippen LogP contribution in [-0.4, -0.2) is 30.2 Å². The lowest BCUT2D eigenvalue weighted by molar-refractivity contribution is -0.0805. The molecule has 1 unspecified atom stereocenters. The molecule has 0 aliphatic carbocycles. The van der Waals surface area contributed by atoms with Gasteiger partial charge in [-0.25, -0.2) is 9.09 Å². The maximum atomic E-state index is 10.3. The zero-order valence-corrected chi connectivity index (χ0v) is 7.64. The topological polar surface area (TPSA) is 145 Å². The van der Waals surface area contributed by atoms with Gasteiger partial charge in [0.1, 0.15) is 0 Å². The molecule has 0 saturated heterocycles. The second-order valence-corrected chi connectivity index (χ2v) is 5.14. The minimum absolute atomic E-state index is 0.451. The first-order valence-electron chi connectivity index (χ1n) is 2.50. The molecule has 0 heterocycles. The third-order valence-corrected chi connectivity index (χ3v) is 2.74. The molecular weight excluding hydrogens is 214 g/mol. The SMILES string of the molecule is CC(O)(OP(=O)(O)O)P(=O)(O)O. The molecule has 8 nitrogen and oxygen atoms in total. The fraction of sp³-hybridized carbons (Fsp3) is 1.00. The first kappa shape index (κ1) is 12.2. The average Bonchev–Trinajstić information content (AvgIpc) is 1.52. The highest BCUT2D eigenvalue weighted by Gasteiger charge is 2.46. The molecule has 0 saturated carbocycles. The van der Waals surface area contributed by atoms with Gasteiger partial charge in [-0.3, -0.25) is 4.57 Å². The first-order valence-corrected chi connectivity index (χ1v) is 5.64. The Bertz CT molecular complexity index is 244. The van der Waals surface area contributed by atoms with E-state index in [0.717, 1.165) is 0 Å². The van der Waals surface area contributed by atoms with Gasteiger partial charge in [-0.05, 0) is 0 Å². The molecule has 0 radical (unpaired) electrons. The second-order valence-electron chi connectivity index (χ2n) is 2.06. The Balaban J connectivity index is 4.68. The van der Waals surface area contributed by atoms with Crippen LogP contribution in [0.4, 0.5) is 0 Å². The number of rotatable bonds is 3. The summed E-state index contributed by atoms with van der Waals surface area (Å²) in [6.07, 6.45) is 0. The van der Waals surface area contributed by atoms with Gasteiger partial charge >= 0.3 is 15.4 Å². The molecule has 5 N–H and O–H groups in total. The summed E-state index contributed by atoms with van der Waals surface area (Å²) in [5.41, 5.74) is -3.17. The second kappa shape index (κ2) is 3.17. The smallest absolute Gasteiger partial charge is 0.356 e. The van der Waals surface area contributed by atoms with Crippen molar-refractivity contribution >= 4 is 15.4 Å². The minimum Gasteiger partial charge on any atom is -0.356 e. The van der Waals surface area contributed by atoms with E-state index in [4.69, 9.17) is 24.7 Å². The Morgan fingerprint density at radius 1 is 1.17 bits per heavy atom. The zero-order chi connectivity index (χ0) is 10.2. The summed E-state index contributed by atoms with van der Waals surface area (Å²) in [5, 5.41) is 8.71. The highest BCUT2D eigenvalue weighted by Crippen LogP contribution is 2.56. The Labute approximate surface area is 67.2 Å². The molecule has 0 aliphatic rings. The van der Waals surface area contributed by atoms with Crippen molar-refractivity contribution in [1.82, 2.24) is 0 Å². The van der Waals surface area contributed by atoms with E-state index in [9.17, 15) is 9.13 Å². The highest BCUT2D eigenvalue weighted by molar-refractivity contribution is 7.54. The Kier molecular flexibility index (Phi) is 3.23. The summed E-state index contributed by atoms with van der Waals surface area (Å²) in [5.74, 6) is 0. The van der Waals surface area contributed by atoms with Crippen molar-refractivity contribution < 1.29 is 38.3 Å². The Morgan fingerprint density at radius 2 is 1.50 bits per heavy atom. The highest BCUT2D eigenvalue weighted by atomic mass is 31.2. The van der Waals surface area contributed by atoms with Gasteiger partial charge < -0.3 is 24.7 Å². The van der Waals surface area contributed by atoms with Crippen LogP contribution in [0.5, 0.6) is 0 Å². The number of phosphoric acid groups is 1. The molecule has 1 atom stereocenters. The van der Waals surface area contributed by atoms with Gasteiger partial charge in [0.25, 0.3) is 5.53 Å². The molecule has 0 aromatic heterocycles. The third kappa shape index (κ3) is 3.75. The van der Waals surface area contributed by atoms with E-state index in [1.807, 2.05) is 0 Å². The van der Waals surface area contributed by atoms with E-state index < -0.39 is 20.9 Å². The van der Waals surface area contributed by atoms with Gasteiger partial charge in [0.05, 0.1) is 0 Å². The van der Waals surface area contributed by atoms with Crippen molar-refractivity contribution in [2.45, 2.75) is 12.5 Å². The van der Waals surface area contributed by atoms with Crippen LogP contribution in [0.15, 0.2) is 0 Å². The molecule has 10 heteroatoms. The lowest BCUT2D eigenvalue weighted by Crippen LogP contribution is -2.26.